The van der Waals surface area contributed by atoms with Gasteiger partial charge in [-0.15, -0.1) is 12.4 Å². The van der Waals surface area contributed by atoms with Gasteiger partial charge in [0.05, 0.1) is 6.04 Å². The van der Waals surface area contributed by atoms with E-state index in [0.29, 0.717) is 6.04 Å². The van der Waals surface area contributed by atoms with E-state index in [-0.39, 0.29) is 18.5 Å². The molecular weight excluding hydrogens is 330 g/mol. The first-order valence-electron chi connectivity index (χ1n) is 8.42. The lowest BCUT2D eigenvalue weighted by Crippen LogP contribution is -2.32. The Balaban J connectivity index is 0.00000182. The SMILES string of the molecule is CN[C@H]1Cc2ccccc2[C@H]1Oc1cccc(-c2ccccc2)c1.Cl. The smallest absolute Gasteiger partial charge is 0.140 e. The molecule has 0 aliphatic heterocycles. The highest BCUT2D eigenvalue weighted by Crippen LogP contribution is 2.36. The Hall–Kier alpha value is -2.29. The van der Waals surface area contributed by atoms with E-state index in [9.17, 15) is 0 Å². The molecule has 1 aliphatic carbocycles. The predicted molar refractivity (Wildman–Crippen MR) is 105 cm³/mol. The lowest BCUT2D eigenvalue weighted by molar-refractivity contribution is 0.172. The Morgan fingerprint density at radius 1 is 0.840 bits per heavy atom. The Morgan fingerprint density at radius 2 is 1.56 bits per heavy atom. The number of hydrogen-bond acceptors (Lipinski definition) is 2. The van der Waals surface area contributed by atoms with E-state index >= 15 is 0 Å². The normalized spacial score (nSPS) is 18.3. The fourth-order valence-electron chi connectivity index (χ4n) is 3.48. The average Bonchev–Trinajstić information content (AvgIpc) is 3.00. The molecule has 0 saturated heterocycles. The summed E-state index contributed by atoms with van der Waals surface area (Å²) in [6, 6.07) is 27.6. The summed E-state index contributed by atoms with van der Waals surface area (Å²) in [4.78, 5) is 0. The van der Waals surface area contributed by atoms with Gasteiger partial charge in [-0.2, -0.15) is 0 Å². The molecule has 0 unspecified atom stereocenters. The molecule has 1 aliphatic rings. The van der Waals surface area contributed by atoms with Gasteiger partial charge in [-0.3, -0.25) is 0 Å². The van der Waals surface area contributed by atoms with Crippen LogP contribution in [0.25, 0.3) is 11.1 Å². The average molecular weight is 352 g/mol. The summed E-state index contributed by atoms with van der Waals surface area (Å²) in [6.07, 6.45) is 1.06. The van der Waals surface area contributed by atoms with Gasteiger partial charge in [-0.25, -0.2) is 0 Å². The van der Waals surface area contributed by atoms with Gasteiger partial charge in [0.2, 0.25) is 0 Å². The van der Waals surface area contributed by atoms with Crippen molar-refractivity contribution in [3.63, 3.8) is 0 Å². The van der Waals surface area contributed by atoms with Crippen LogP contribution in [0, 0.1) is 0 Å². The molecule has 1 N–H and O–H groups in total. The Bertz CT molecular complexity index is 834. The van der Waals surface area contributed by atoms with Gasteiger partial charge in [0.15, 0.2) is 0 Å². The Kier molecular flexibility index (Phi) is 5.42. The van der Waals surface area contributed by atoms with Gasteiger partial charge in [-0.05, 0) is 47.9 Å². The first-order chi connectivity index (χ1) is 11.8. The summed E-state index contributed by atoms with van der Waals surface area (Å²) in [5.74, 6) is 0.915. The number of ether oxygens (including phenoxy) is 1. The lowest BCUT2D eigenvalue weighted by Gasteiger charge is -2.22. The highest BCUT2D eigenvalue weighted by atomic mass is 35.5. The van der Waals surface area contributed by atoms with Crippen molar-refractivity contribution < 1.29 is 4.74 Å². The molecule has 0 amide bonds. The first-order valence-corrected chi connectivity index (χ1v) is 8.42. The van der Waals surface area contributed by atoms with Gasteiger partial charge in [-0.1, -0.05) is 66.7 Å². The van der Waals surface area contributed by atoms with Crippen molar-refractivity contribution in [2.24, 2.45) is 0 Å². The van der Waals surface area contributed by atoms with E-state index in [1.807, 2.05) is 19.2 Å². The van der Waals surface area contributed by atoms with E-state index in [1.54, 1.807) is 0 Å². The predicted octanol–water partition coefficient (Wildman–Crippen LogP) is 5.04. The van der Waals surface area contributed by atoms with Crippen molar-refractivity contribution in [3.05, 3.63) is 90.0 Å². The van der Waals surface area contributed by atoms with E-state index in [1.165, 1.54) is 22.3 Å². The molecule has 25 heavy (non-hydrogen) atoms. The van der Waals surface area contributed by atoms with E-state index in [2.05, 4.69) is 72.0 Å². The van der Waals surface area contributed by atoms with Gasteiger partial charge in [0.25, 0.3) is 0 Å². The van der Waals surface area contributed by atoms with Crippen LogP contribution < -0.4 is 10.1 Å². The topological polar surface area (TPSA) is 21.3 Å². The maximum Gasteiger partial charge on any atom is 0.140 e. The highest BCUT2D eigenvalue weighted by Gasteiger charge is 2.32. The molecule has 2 atom stereocenters. The van der Waals surface area contributed by atoms with Crippen molar-refractivity contribution >= 4 is 12.4 Å². The molecular formula is C22H22ClNO. The third kappa shape index (κ3) is 3.55. The monoisotopic (exact) mass is 351 g/mol. The number of likely N-dealkylation sites (N-methyl/N-ethyl adjacent to an activating group) is 1. The van der Waals surface area contributed by atoms with Crippen LogP contribution >= 0.6 is 12.4 Å². The molecule has 0 heterocycles. The van der Waals surface area contributed by atoms with Crippen LogP contribution in [0.4, 0.5) is 0 Å². The van der Waals surface area contributed by atoms with Crippen LogP contribution in [0.1, 0.15) is 17.2 Å². The molecule has 2 nitrogen and oxygen atoms in total. The summed E-state index contributed by atoms with van der Waals surface area (Å²) < 4.78 is 6.40. The number of rotatable bonds is 4. The van der Waals surface area contributed by atoms with Crippen LogP contribution in [0.2, 0.25) is 0 Å². The number of benzene rings is 3. The quantitative estimate of drug-likeness (QED) is 0.711. The van der Waals surface area contributed by atoms with Gasteiger partial charge in [0.1, 0.15) is 11.9 Å². The van der Waals surface area contributed by atoms with E-state index in [4.69, 9.17) is 4.74 Å². The molecule has 0 bridgehead atoms. The molecule has 3 aromatic carbocycles. The molecule has 4 rings (SSSR count). The summed E-state index contributed by atoms with van der Waals surface area (Å²) in [6.45, 7) is 0. The molecule has 128 valence electrons. The van der Waals surface area contributed by atoms with Crippen LogP contribution in [0.3, 0.4) is 0 Å². The molecule has 3 aromatic rings. The van der Waals surface area contributed by atoms with Crippen LogP contribution in [0.5, 0.6) is 5.75 Å². The summed E-state index contributed by atoms with van der Waals surface area (Å²) in [5.41, 5.74) is 5.06. The Labute approximate surface area is 155 Å². The van der Waals surface area contributed by atoms with Crippen molar-refractivity contribution in [1.82, 2.24) is 5.32 Å². The lowest BCUT2D eigenvalue weighted by atomic mass is 10.1. The third-order valence-electron chi connectivity index (χ3n) is 4.74. The molecule has 3 heteroatoms. The van der Waals surface area contributed by atoms with Crippen molar-refractivity contribution in [3.8, 4) is 16.9 Å². The van der Waals surface area contributed by atoms with Crippen molar-refractivity contribution in [1.29, 1.82) is 0 Å². The third-order valence-corrected chi connectivity index (χ3v) is 4.74. The van der Waals surface area contributed by atoms with Gasteiger partial charge in [0, 0.05) is 0 Å². The molecule has 0 fully saturated rings. The first kappa shape index (κ1) is 17.5. The van der Waals surface area contributed by atoms with Crippen molar-refractivity contribution in [2.45, 2.75) is 18.6 Å². The second kappa shape index (κ2) is 7.73. The zero-order valence-electron chi connectivity index (χ0n) is 14.2. The molecule has 0 spiro atoms. The Morgan fingerprint density at radius 3 is 2.36 bits per heavy atom. The number of nitrogens with one attached hydrogen (secondary N) is 1. The summed E-state index contributed by atoms with van der Waals surface area (Å²) in [5, 5.41) is 3.40. The van der Waals surface area contributed by atoms with E-state index in [0.717, 1.165) is 12.2 Å². The van der Waals surface area contributed by atoms with Crippen LogP contribution in [0.15, 0.2) is 78.9 Å². The maximum atomic E-state index is 6.40. The minimum atomic E-state index is 0. The van der Waals surface area contributed by atoms with E-state index < -0.39 is 0 Å². The molecule has 0 aromatic heterocycles. The van der Waals surface area contributed by atoms with Crippen molar-refractivity contribution in [2.75, 3.05) is 7.05 Å². The van der Waals surface area contributed by atoms with Crippen LogP contribution in [-0.4, -0.2) is 13.1 Å². The largest absolute Gasteiger partial charge is 0.484 e. The molecule has 0 saturated carbocycles. The number of fused-ring (bicyclic) bond motifs is 1. The van der Waals surface area contributed by atoms with Gasteiger partial charge >= 0.3 is 0 Å². The summed E-state index contributed by atoms with van der Waals surface area (Å²) >= 11 is 0. The number of halogens is 1. The fourth-order valence-corrected chi connectivity index (χ4v) is 3.48. The van der Waals surface area contributed by atoms with Crippen LogP contribution in [-0.2, 0) is 6.42 Å². The second-order valence-electron chi connectivity index (χ2n) is 6.23. The second-order valence-corrected chi connectivity index (χ2v) is 6.23. The standard InChI is InChI=1S/C22H21NO.ClH/c1-23-21-15-18-10-5-6-13-20(18)22(21)24-19-12-7-11-17(14-19)16-8-3-2-4-9-16;/h2-14,21-23H,15H2,1H3;1H/t21-,22+;/m0./s1. The zero-order valence-corrected chi connectivity index (χ0v) is 15.0. The highest BCUT2D eigenvalue weighted by molar-refractivity contribution is 5.85. The number of hydrogen-bond donors (Lipinski definition) is 1. The minimum Gasteiger partial charge on any atom is -0.484 e. The zero-order chi connectivity index (χ0) is 16.4. The fraction of sp³-hybridized carbons (Fsp3) is 0.182. The maximum absolute atomic E-state index is 6.40. The molecule has 0 radical (unpaired) electrons. The van der Waals surface area contributed by atoms with Gasteiger partial charge < -0.3 is 10.1 Å². The minimum absolute atomic E-state index is 0. The summed E-state index contributed by atoms with van der Waals surface area (Å²) in [7, 11) is 2.01.